The number of urea groups is 2. The van der Waals surface area contributed by atoms with E-state index in [9.17, 15) is 14.5 Å². The first-order valence-corrected chi connectivity index (χ1v) is 3.01. The molecule has 0 unspecified atom stereocenters. The first-order chi connectivity index (χ1) is 5.04. The van der Waals surface area contributed by atoms with Gasteiger partial charge in [-0.2, -0.15) is 0 Å². The zero-order chi connectivity index (χ0) is 8.59. The van der Waals surface area contributed by atoms with Gasteiger partial charge in [0.15, 0.2) is 0 Å². The predicted octanol–water partition coefficient (Wildman–Crippen LogP) is 1.07. The number of hydrogen-bond donors (Lipinski definition) is 0. The van der Waals surface area contributed by atoms with Gasteiger partial charge in [0.2, 0.25) is 0 Å². The molecule has 0 aliphatic carbocycles. The molecule has 0 atom stereocenters. The molecule has 4 amide bonds. The third-order valence-corrected chi connectivity index (χ3v) is 1.39. The minimum absolute atomic E-state index is 0.0406. The summed E-state index contributed by atoms with van der Waals surface area (Å²) in [6.45, 7) is 0. The van der Waals surface area contributed by atoms with Gasteiger partial charge in [-0.05, 0) is 16.6 Å². The van der Waals surface area contributed by atoms with Crippen molar-refractivity contribution in [2.45, 2.75) is 0 Å². The maximum Gasteiger partial charge on any atom is 0.507 e. The van der Waals surface area contributed by atoms with Crippen molar-refractivity contribution < 1.29 is 14.3 Å². The maximum atomic E-state index is 10.6. The number of hydrogen-bond acceptors (Lipinski definition) is 3. The highest BCUT2D eigenvalue weighted by Crippen LogP contribution is 2.09. The van der Waals surface area contributed by atoms with Crippen molar-refractivity contribution in [3.05, 3.63) is 4.91 Å². The Morgan fingerprint density at radius 1 is 1.45 bits per heavy atom. The van der Waals surface area contributed by atoms with Crippen LogP contribution in [0.2, 0.25) is 0 Å². The van der Waals surface area contributed by atoms with Crippen LogP contribution in [0.1, 0.15) is 0 Å². The fourth-order valence-electron chi connectivity index (χ4n) is 0.409. The lowest BCUT2D eigenvalue weighted by Gasteiger charge is -2.01. The van der Waals surface area contributed by atoms with Crippen LogP contribution in [0.3, 0.4) is 0 Å². The van der Waals surface area contributed by atoms with Crippen LogP contribution in [0.25, 0.3) is 0 Å². The van der Waals surface area contributed by atoms with Gasteiger partial charge >= 0.3 is 17.4 Å². The van der Waals surface area contributed by atoms with Crippen LogP contribution in [0, 0.1) is 4.91 Å². The van der Waals surface area contributed by atoms with Crippen molar-refractivity contribution >= 4 is 40.7 Å². The molecule has 8 heteroatoms. The molecular formula is C3Cl2N3O3+. The fourth-order valence-corrected chi connectivity index (χ4v) is 0.660. The van der Waals surface area contributed by atoms with Crippen molar-refractivity contribution in [3.63, 3.8) is 0 Å². The number of amidine groups is 1. The molecule has 0 radical (unpaired) electrons. The molecule has 0 N–H and O–H groups in total. The Balaban J connectivity index is 3.12. The SMILES string of the molecule is O=C1N=C(Cl)[N+](=O)C(=O)N1Cl. The second-order valence-electron chi connectivity index (χ2n) is 1.52. The zero-order valence-electron chi connectivity index (χ0n) is 4.82. The maximum absolute atomic E-state index is 10.6. The summed E-state index contributed by atoms with van der Waals surface area (Å²) in [6, 6.07) is -2.34. The number of imide groups is 1. The van der Waals surface area contributed by atoms with Gasteiger partial charge in [-0.25, -0.2) is 9.59 Å². The Morgan fingerprint density at radius 2 is 2.00 bits per heavy atom. The van der Waals surface area contributed by atoms with Crippen LogP contribution in [0.15, 0.2) is 4.99 Å². The summed E-state index contributed by atoms with van der Waals surface area (Å²) in [5, 5.41) is -0.739. The fraction of sp³-hybridized carbons (Fsp3) is 0. The van der Waals surface area contributed by atoms with E-state index < -0.39 is 17.4 Å². The van der Waals surface area contributed by atoms with Gasteiger partial charge in [0.25, 0.3) is 0 Å². The van der Waals surface area contributed by atoms with E-state index in [2.05, 4.69) is 4.99 Å². The highest BCUT2D eigenvalue weighted by molar-refractivity contribution is 6.64. The van der Waals surface area contributed by atoms with Gasteiger partial charge in [0, 0.05) is 0 Å². The summed E-state index contributed by atoms with van der Waals surface area (Å²) in [4.78, 5) is 34.5. The van der Waals surface area contributed by atoms with E-state index in [1.807, 2.05) is 0 Å². The van der Waals surface area contributed by atoms with Crippen LogP contribution in [0.5, 0.6) is 0 Å². The first kappa shape index (κ1) is 8.09. The molecule has 0 spiro atoms. The highest BCUT2D eigenvalue weighted by Gasteiger charge is 2.42. The minimum Gasteiger partial charge on any atom is -0.207 e. The molecule has 0 aromatic heterocycles. The summed E-state index contributed by atoms with van der Waals surface area (Å²) < 4.78 is -0.255. The topological polar surface area (TPSA) is 69.8 Å². The van der Waals surface area contributed by atoms with E-state index in [4.69, 9.17) is 23.4 Å². The molecule has 1 heterocycles. The molecule has 11 heavy (non-hydrogen) atoms. The third-order valence-electron chi connectivity index (χ3n) is 0.865. The molecule has 0 aromatic rings. The van der Waals surface area contributed by atoms with Crippen LogP contribution in [-0.4, -0.2) is 26.5 Å². The lowest BCUT2D eigenvalue weighted by molar-refractivity contribution is -0.325. The van der Waals surface area contributed by atoms with Gasteiger partial charge in [0.1, 0.15) is 11.8 Å². The number of rotatable bonds is 0. The monoisotopic (exact) mass is 196 g/mol. The Morgan fingerprint density at radius 3 is 2.55 bits per heavy atom. The average molecular weight is 197 g/mol. The molecule has 0 bridgehead atoms. The summed E-state index contributed by atoms with van der Waals surface area (Å²) >= 11 is 10.1. The Kier molecular flexibility index (Phi) is 1.88. The van der Waals surface area contributed by atoms with Crippen LogP contribution < -0.4 is 0 Å². The molecular weight excluding hydrogens is 197 g/mol. The lowest BCUT2D eigenvalue weighted by atomic mass is 10.8. The molecule has 0 saturated carbocycles. The number of carbonyl (C=O) groups is 2. The second kappa shape index (κ2) is 2.55. The van der Waals surface area contributed by atoms with Crippen molar-refractivity contribution in [1.82, 2.24) is 4.42 Å². The Bertz CT molecular complexity index is 286. The number of amides is 4. The number of nitroso groups, excluding NO2 is 1. The quantitative estimate of drug-likeness (QED) is 0.331. The smallest absolute Gasteiger partial charge is 0.207 e. The van der Waals surface area contributed by atoms with Gasteiger partial charge in [-0.15, -0.1) is 0 Å². The Labute approximate surface area is 70.1 Å². The van der Waals surface area contributed by atoms with E-state index >= 15 is 0 Å². The highest BCUT2D eigenvalue weighted by atomic mass is 35.5. The third kappa shape index (κ3) is 1.22. The summed E-state index contributed by atoms with van der Waals surface area (Å²) in [6.07, 6.45) is 0. The normalized spacial score (nSPS) is 18.9. The van der Waals surface area contributed by atoms with E-state index in [0.717, 1.165) is 0 Å². The summed E-state index contributed by atoms with van der Waals surface area (Å²) in [5.74, 6) is 0. The average Bonchev–Trinajstić information content (AvgIpc) is 1.97. The van der Waals surface area contributed by atoms with E-state index in [1.54, 1.807) is 0 Å². The summed E-state index contributed by atoms with van der Waals surface area (Å²) in [5.41, 5.74) is 0. The molecule has 1 aliphatic rings. The molecule has 1 rings (SSSR count). The molecule has 0 aromatic carbocycles. The van der Waals surface area contributed by atoms with Crippen molar-refractivity contribution in [2.24, 2.45) is 4.99 Å². The Hall–Kier alpha value is -1.01. The number of aliphatic imine (C=N–C) groups is 1. The molecule has 0 saturated heterocycles. The standard InChI is InChI=1S/C3Cl2N3O3/c4-1-6-2(9)7(5)3(10)8(1)11/q+1. The van der Waals surface area contributed by atoms with Gasteiger partial charge in [-0.1, -0.05) is 9.33 Å². The summed E-state index contributed by atoms with van der Waals surface area (Å²) in [7, 11) is 0. The molecule has 0 fully saturated rings. The van der Waals surface area contributed by atoms with Crippen LogP contribution >= 0.6 is 23.4 Å². The first-order valence-electron chi connectivity index (χ1n) is 2.29. The van der Waals surface area contributed by atoms with E-state index in [1.165, 1.54) is 0 Å². The van der Waals surface area contributed by atoms with Gasteiger partial charge in [-0.3, -0.25) is 0 Å². The van der Waals surface area contributed by atoms with Gasteiger partial charge < -0.3 is 0 Å². The predicted molar refractivity (Wildman–Crippen MR) is 35.4 cm³/mol. The van der Waals surface area contributed by atoms with Crippen molar-refractivity contribution in [3.8, 4) is 0 Å². The number of nitrogens with zero attached hydrogens (tertiary/aromatic N) is 3. The van der Waals surface area contributed by atoms with Gasteiger partial charge in [0.05, 0.1) is 4.76 Å². The van der Waals surface area contributed by atoms with Crippen molar-refractivity contribution in [2.75, 3.05) is 0 Å². The van der Waals surface area contributed by atoms with Crippen LogP contribution in [-0.2, 0) is 0 Å². The number of carbonyl (C=O) groups excluding carboxylic acids is 2. The molecule has 1 aliphatic heterocycles. The van der Waals surface area contributed by atoms with E-state index in [-0.39, 0.29) is 9.18 Å². The largest absolute Gasteiger partial charge is 0.507 e. The molecule has 6 nitrogen and oxygen atoms in total. The minimum atomic E-state index is -1.27. The van der Waals surface area contributed by atoms with E-state index in [0.29, 0.717) is 0 Å². The lowest BCUT2D eigenvalue weighted by Crippen LogP contribution is -2.39. The van der Waals surface area contributed by atoms with Crippen molar-refractivity contribution in [1.29, 1.82) is 0 Å². The van der Waals surface area contributed by atoms with Crippen LogP contribution in [0.4, 0.5) is 9.59 Å². The molecule has 58 valence electrons. The second-order valence-corrected chi connectivity index (χ2v) is 2.20. The number of halogens is 2. The zero-order valence-corrected chi connectivity index (χ0v) is 6.33.